The Morgan fingerprint density at radius 1 is 1.15 bits per heavy atom. The molecular formula is C19H18BrN5O. The Kier molecular flexibility index (Phi) is 4.11. The second kappa shape index (κ2) is 6.32. The highest BCUT2D eigenvalue weighted by Crippen LogP contribution is 2.42. The molecule has 0 radical (unpaired) electrons. The fraction of sp³-hybridized carbons (Fsp3) is 0.263. The Balaban J connectivity index is 1.92. The first-order chi connectivity index (χ1) is 12.4. The molecule has 1 amide bonds. The summed E-state index contributed by atoms with van der Waals surface area (Å²) in [6.07, 6.45) is 0.385. The summed E-state index contributed by atoms with van der Waals surface area (Å²) in [7, 11) is 0. The van der Waals surface area contributed by atoms with Crippen molar-refractivity contribution in [1.82, 2.24) is 19.7 Å². The topological polar surface area (TPSA) is 72.7 Å². The van der Waals surface area contributed by atoms with Crippen molar-refractivity contribution in [2.45, 2.75) is 33.1 Å². The monoisotopic (exact) mass is 411 g/mol. The SMILES string of the molecule is Cc1cc(C)nc(-n2nc(C)c3c2NC(=O)CC3c2ccccc2Br)n1. The van der Waals surface area contributed by atoms with Gasteiger partial charge in [0.1, 0.15) is 5.82 Å². The molecule has 0 saturated carbocycles. The van der Waals surface area contributed by atoms with Gasteiger partial charge in [0.25, 0.3) is 5.95 Å². The molecule has 0 aliphatic carbocycles. The normalized spacial score (nSPS) is 16.3. The molecule has 1 N–H and O–H groups in total. The Morgan fingerprint density at radius 2 is 1.85 bits per heavy atom. The smallest absolute Gasteiger partial charge is 0.252 e. The molecule has 7 heteroatoms. The van der Waals surface area contributed by atoms with E-state index in [0.717, 1.165) is 32.7 Å². The van der Waals surface area contributed by atoms with E-state index in [4.69, 9.17) is 0 Å². The standard InChI is InChI=1S/C19H18BrN5O/c1-10-8-11(2)22-19(21-10)25-18-17(12(3)24-25)14(9-16(26)23-18)13-6-4-5-7-15(13)20/h4-8,14H,9H2,1-3H3,(H,23,26). The van der Waals surface area contributed by atoms with Gasteiger partial charge in [-0.1, -0.05) is 34.1 Å². The summed E-state index contributed by atoms with van der Waals surface area (Å²) >= 11 is 3.62. The third kappa shape index (κ3) is 2.82. The predicted molar refractivity (Wildman–Crippen MR) is 103 cm³/mol. The van der Waals surface area contributed by atoms with Crippen molar-refractivity contribution in [3.63, 3.8) is 0 Å². The summed E-state index contributed by atoms with van der Waals surface area (Å²) in [6.45, 7) is 5.80. The molecular weight excluding hydrogens is 394 g/mol. The molecule has 6 nitrogen and oxygen atoms in total. The molecule has 1 aromatic carbocycles. The van der Waals surface area contributed by atoms with Gasteiger partial charge in [0, 0.05) is 33.8 Å². The van der Waals surface area contributed by atoms with Crippen molar-refractivity contribution < 1.29 is 4.79 Å². The average Bonchev–Trinajstić information content (AvgIpc) is 2.90. The molecule has 4 rings (SSSR count). The third-order valence-corrected chi connectivity index (χ3v) is 5.27. The number of nitrogens with one attached hydrogen (secondary N) is 1. The number of hydrogen-bond acceptors (Lipinski definition) is 4. The summed E-state index contributed by atoms with van der Waals surface area (Å²) < 4.78 is 2.63. The number of aryl methyl sites for hydroxylation is 3. The molecule has 3 heterocycles. The van der Waals surface area contributed by atoms with Crippen LogP contribution in [0.15, 0.2) is 34.8 Å². The van der Waals surface area contributed by atoms with Gasteiger partial charge < -0.3 is 5.32 Å². The van der Waals surface area contributed by atoms with Crippen molar-refractivity contribution in [3.05, 3.63) is 63.0 Å². The van der Waals surface area contributed by atoms with Crippen LogP contribution < -0.4 is 5.32 Å². The van der Waals surface area contributed by atoms with Crippen LogP contribution in [-0.2, 0) is 4.79 Å². The molecule has 1 atom stereocenters. The van der Waals surface area contributed by atoms with Gasteiger partial charge in [-0.2, -0.15) is 9.78 Å². The minimum atomic E-state index is -0.0611. The van der Waals surface area contributed by atoms with Gasteiger partial charge in [-0.15, -0.1) is 0 Å². The maximum atomic E-state index is 12.4. The van der Waals surface area contributed by atoms with E-state index < -0.39 is 0 Å². The molecule has 3 aromatic rings. The zero-order valence-corrected chi connectivity index (χ0v) is 16.3. The van der Waals surface area contributed by atoms with Crippen LogP contribution in [0.1, 0.15) is 40.5 Å². The van der Waals surface area contributed by atoms with Crippen molar-refractivity contribution in [2.75, 3.05) is 5.32 Å². The van der Waals surface area contributed by atoms with Crippen LogP contribution in [0.2, 0.25) is 0 Å². The summed E-state index contributed by atoms with van der Waals surface area (Å²) in [5, 5.41) is 7.62. The van der Waals surface area contributed by atoms with Gasteiger partial charge in [-0.05, 0) is 38.5 Å². The molecule has 1 unspecified atom stereocenters. The van der Waals surface area contributed by atoms with Gasteiger partial charge in [-0.3, -0.25) is 4.79 Å². The number of nitrogens with zero attached hydrogens (tertiary/aromatic N) is 4. The third-order valence-electron chi connectivity index (χ3n) is 4.54. The molecule has 1 aliphatic rings. The second-order valence-electron chi connectivity index (χ2n) is 6.54. The maximum Gasteiger partial charge on any atom is 0.252 e. The van der Waals surface area contributed by atoms with Crippen LogP contribution in [0.3, 0.4) is 0 Å². The highest BCUT2D eigenvalue weighted by atomic mass is 79.9. The average molecular weight is 412 g/mol. The number of carbonyl (C=O) groups is 1. The summed E-state index contributed by atoms with van der Waals surface area (Å²) in [6, 6.07) is 9.90. The molecule has 132 valence electrons. The fourth-order valence-electron chi connectivity index (χ4n) is 3.52. The van der Waals surface area contributed by atoms with Crippen molar-refractivity contribution in [2.24, 2.45) is 0 Å². The second-order valence-corrected chi connectivity index (χ2v) is 7.39. The maximum absolute atomic E-state index is 12.4. The number of halogens is 1. The van der Waals surface area contributed by atoms with Crippen molar-refractivity contribution in [3.8, 4) is 5.95 Å². The van der Waals surface area contributed by atoms with E-state index in [1.54, 1.807) is 4.68 Å². The van der Waals surface area contributed by atoms with E-state index in [1.165, 1.54) is 0 Å². The molecule has 26 heavy (non-hydrogen) atoms. The lowest BCUT2D eigenvalue weighted by Crippen LogP contribution is -2.25. The molecule has 0 bridgehead atoms. The Hall–Kier alpha value is -2.54. The zero-order chi connectivity index (χ0) is 18.4. The minimum absolute atomic E-state index is 0.0382. The lowest BCUT2D eigenvalue weighted by Gasteiger charge is -2.25. The Labute approximate surface area is 159 Å². The van der Waals surface area contributed by atoms with Crippen LogP contribution in [0.25, 0.3) is 5.95 Å². The summed E-state index contributed by atoms with van der Waals surface area (Å²) in [4.78, 5) is 21.4. The fourth-order valence-corrected chi connectivity index (χ4v) is 4.08. The Morgan fingerprint density at radius 3 is 2.54 bits per heavy atom. The molecule has 0 spiro atoms. The van der Waals surface area contributed by atoms with Gasteiger partial charge in [0.15, 0.2) is 0 Å². The highest BCUT2D eigenvalue weighted by Gasteiger charge is 2.34. The molecule has 0 fully saturated rings. The quantitative estimate of drug-likeness (QED) is 0.695. The van der Waals surface area contributed by atoms with E-state index >= 15 is 0 Å². The van der Waals surface area contributed by atoms with Gasteiger partial charge in [0.2, 0.25) is 5.91 Å². The number of hydrogen-bond donors (Lipinski definition) is 1. The summed E-state index contributed by atoms with van der Waals surface area (Å²) in [5.41, 5.74) is 4.67. The highest BCUT2D eigenvalue weighted by molar-refractivity contribution is 9.10. The van der Waals surface area contributed by atoms with Gasteiger partial charge >= 0.3 is 0 Å². The lowest BCUT2D eigenvalue weighted by molar-refractivity contribution is -0.116. The molecule has 2 aromatic heterocycles. The van der Waals surface area contributed by atoms with Crippen molar-refractivity contribution in [1.29, 1.82) is 0 Å². The number of fused-ring (bicyclic) bond motifs is 1. The van der Waals surface area contributed by atoms with Gasteiger partial charge in [-0.25, -0.2) is 9.97 Å². The number of amides is 1. The van der Waals surface area contributed by atoms with E-state index in [9.17, 15) is 4.79 Å². The minimum Gasteiger partial charge on any atom is -0.310 e. The first-order valence-electron chi connectivity index (χ1n) is 8.40. The van der Waals surface area contributed by atoms with Gasteiger partial charge in [0.05, 0.1) is 5.69 Å². The number of rotatable bonds is 2. The molecule has 1 aliphatic heterocycles. The van der Waals surface area contributed by atoms with E-state index in [0.29, 0.717) is 18.2 Å². The Bertz CT molecular complexity index is 1010. The van der Waals surface area contributed by atoms with Crippen LogP contribution in [0, 0.1) is 20.8 Å². The van der Waals surface area contributed by atoms with Crippen LogP contribution in [-0.4, -0.2) is 25.7 Å². The lowest BCUT2D eigenvalue weighted by atomic mass is 9.86. The largest absolute Gasteiger partial charge is 0.310 e. The van der Waals surface area contributed by atoms with E-state index in [2.05, 4.69) is 36.3 Å². The summed E-state index contributed by atoms with van der Waals surface area (Å²) in [5.74, 6) is 1.03. The van der Waals surface area contributed by atoms with Crippen LogP contribution in [0.4, 0.5) is 5.82 Å². The molecule has 0 saturated heterocycles. The number of benzene rings is 1. The number of carbonyl (C=O) groups excluding carboxylic acids is 1. The van der Waals surface area contributed by atoms with E-state index in [1.807, 2.05) is 51.1 Å². The van der Waals surface area contributed by atoms with Crippen molar-refractivity contribution >= 4 is 27.7 Å². The predicted octanol–water partition coefficient (Wildman–Crippen LogP) is 3.82. The first-order valence-corrected chi connectivity index (χ1v) is 9.20. The van der Waals surface area contributed by atoms with Crippen LogP contribution >= 0.6 is 15.9 Å². The first kappa shape index (κ1) is 16.9. The van der Waals surface area contributed by atoms with Crippen LogP contribution in [0.5, 0.6) is 0 Å². The van der Waals surface area contributed by atoms with E-state index in [-0.39, 0.29) is 11.8 Å². The number of aromatic nitrogens is 4. The number of anilines is 1. The zero-order valence-electron chi connectivity index (χ0n) is 14.7.